The first-order valence-corrected chi connectivity index (χ1v) is 8.81. The fourth-order valence-corrected chi connectivity index (χ4v) is 4.59. The molecule has 1 aliphatic heterocycles. The monoisotopic (exact) mass is 321 g/mol. The first-order chi connectivity index (χ1) is 9.20. The topological polar surface area (TPSA) is 121 Å². The molecule has 1 saturated heterocycles. The molecule has 1 aromatic carbocycles. The lowest BCUT2D eigenvalue weighted by molar-refractivity contribution is -0.384. The second kappa shape index (κ2) is 5.11. The van der Waals surface area contributed by atoms with Crippen molar-refractivity contribution in [3.05, 3.63) is 34.4 Å². The van der Waals surface area contributed by atoms with Crippen LogP contribution in [-0.4, -0.2) is 39.4 Å². The van der Waals surface area contributed by atoms with Gasteiger partial charge in [-0.05, 0) is 18.6 Å². The van der Waals surface area contributed by atoms with Crippen LogP contribution in [0, 0.1) is 10.1 Å². The molecule has 0 spiro atoms. The Balaban J connectivity index is 2.16. The molecule has 2 rings (SSSR count). The molecule has 1 fully saturated rings. The number of nitrogens with zero attached hydrogens (tertiary/aromatic N) is 1. The van der Waals surface area contributed by atoms with E-state index in [-0.39, 0.29) is 28.5 Å². The number of benzene rings is 1. The summed E-state index contributed by atoms with van der Waals surface area (Å²) in [4.78, 5) is 9.58. The van der Waals surface area contributed by atoms with E-state index in [4.69, 9.17) is 4.18 Å². The molecule has 0 N–H and O–H groups in total. The Bertz CT molecular complexity index is 721. The molecule has 0 amide bonds. The normalized spacial score (nSPS) is 21.7. The van der Waals surface area contributed by atoms with Gasteiger partial charge in [-0.3, -0.25) is 14.3 Å². The average Bonchev–Trinajstić information content (AvgIpc) is 2.68. The summed E-state index contributed by atoms with van der Waals surface area (Å²) in [6.07, 6.45) is -0.783. The van der Waals surface area contributed by atoms with Gasteiger partial charge in [0.1, 0.15) is 0 Å². The van der Waals surface area contributed by atoms with Crippen LogP contribution in [0.15, 0.2) is 29.2 Å². The molecule has 0 radical (unpaired) electrons. The van der Waals surface area contributed by atoms with Gasteiger partial charge in [0.05, 0.1) is 27.4 Å². The molecule has 0 bridgehead atoms. The van der Waals surface area contributed by atoms with Crippen molar-refractivity contribution >= 4 is 25.6 Å². The van der Waals surface area contributed by atoms with Crippen molar-refractivity contribution < 1.29 is 25.9 Å². The summed E-state index contributed by atoms with van der Waals surface area (Å²) in [5.74, 6) is -0.438. The third-order valence-electron chi connectivity index (χ3n) is 2.79. The summed E-state index contributed by atoms with van der Waals surface area (Å²) >= 11 is 0. The van der Waals surface area contributed by atoms with Crippen molar-refractivity contribution in [3.8, 4) is 0 Å². The molecule has 1 atom stereocenters. The Labute approximate surface area is 115 Å². The fourth-order valence-electron chi connectivity index (χ4n) is 1.81. The minimum absolute atomic E-state index is 0.104. The van der Waals surface area contributed by atoms with Crippen molar-refractivity contribution in [2.75, 3.05) is 11.5 Å². The molecule has 110 valence electrons. The first kappa shape index (κ1) is 14.9. The molecule has 1 aromatic rings. The van der Waals surface area contributed by atoms with Crippen LogP contribution >= 0.6 is 0 Å². The quantitative estimate of drug-likeness (QED) is 0.449. The van der Waals surface area contributed by atoms with E-state index >= 15 is 0 Å². The Hall–Kier alpha value is -1.52. The van der Waals surface area contributed by atoms with E-state index in [1.165, 1.54) is 0 Å². The van der Waals surface area contributed by atoms with E-state index in [0.717, 1.165) is 24.3 Å². The highest BCUT2D eigenvalue weighted by Gasteiger charge is 2.33. The highest BCUT2D eigenvalue weighted by molar-refractivity contribution is 7.91. The van der Waals surface area contributed by atoms with Gasteiger partial charge in [-0.1, -0.05) is 0 Å². The SMILES string of the molecule is O=[N+]([O-])c1ccc(S(=O)(=O)O[C@H]2CCS(=O)(=O)C2)cc1. The third kappa shape index (κ3) is 3.32. The lowest BCUT2D eigenvalue weighted by Gasteiger charge is -2.10. The number of non-ortho nitro benzene ring substituents is 1. The van der Waals surface area contributed by atoms with Gasteiger partial charge < -0.3 is 0 Å². The third-order valence-corrected chi connectivity index (χ3v) is 5.90. The van der Waals surface area contributed by atoms with Crippen molar-refractivity contribution in [2.24, 2.45) is 0 Å². The van der Waals surface area contributed by atoms with Crippen molar-refractivity contribution in [2.45, 2.75) is 17.4 Å². The van der Waals surface area contributed by atoms with Crippen molar-refractivity contribution in [1.29, 1.82) is 0 Å². The largest absolute Gasteiger partial charge is 0.297 e. The standard InChI is InChI=1S/C10H11NO7S2/c12-11(13)8-1-3-10(4-2-8)20(16,17)18-9-5-6-19(14,15)7-9/h1-4,9H,5-7H2/t9-/m0/s1. The highest BCUT2D eigenvalue weighted by Crippen LogP contribution is 2.22. The zero-order valence-electron chi connectivity index (χ0n) is 10.1. The Kier molecular flexibility index (Phi) is 3.80. The van der Waals surface area contributed by atoms with Crippen LogP contribution in [0.1, 0.15) is 6.42 Å². The Morgan fingerprint density at radius 2 is 1.85 bits per heavy atom. The van der Waals surface area contributed by atoms with E-state index in [0.29, 0.717) is 0 Å². The second-order valence-corrected chi connectivity index (χ2v) is 8.13. The molecule has 8 nitrogen and oxygen atoms in total. The van der Waals surface area contributed by atoms with Gasteiger partial charge in [0.15, 0.2) is 9.84 Å². The molecule has 0 saturated carbocycles. The number of rotatable bonds is 4. The van der Waals surface area contributed by atoms with Crippen LogP contribution in [0.5, 0.6) is 0 Å². The van der Waals surface area contributed by atoms with Crippen molar-refractivity contribution in [3.63, 3.8) is 0 Å². The number of nitro groups is 1. The number of hydrogen-bond acceptors (Lipinski definition) is 7. The van der Waals surface area contributed by atoms with Crippen LogP contribution in [0.3, 0.4) is 0 Å². The van der Waals surface area contributed by atoms with Gasteiger partial charge in [-0.25, -0.2) is 8.42 Å². The second-order valence-electron chi connectivity index (χ2n) is 4.33. The number of hydrogen-bond donors (Lipinski definition) is 0. The fraction of sp³-hybridized carbons (Fsp3) is 0.400. The summed E-state index contributed by atoms with van der Waals surface area (Å²) in [5, 5.41) is 10.5. The van der Waals surface area contributed by atoms with Crippen LogP contribution < -0.4 is 0 Å². The lowest BCUT2D eigenvalue weighted by Crippen LogP contribution is -2.19. The Morgan fingerprint density at radius 1 is 1.25 bits per heavy atom. The smallest absolute Gasteiger partial charge is 0.262 e. The van der Waals surface area contributed by atoms with Gasteiger partial charge >= 0.3 is 0 Å². The maximum absolute atomic E-state index is 11.9. The summed E-state index contributed by atoms with van der Waals surface area (Å²) in [6.45, 7) is 0. The number of nitro benzene ring substituents is 1. The van der Waals surface area contributed by atoms with Gasteiger partial charge in [0.25, 0.3) is 15.8 Å². The molecule has 1 heterocycles. The predicted molar refractivity (Wildman–Crippen MR) is 68.4 cm³/mol. The molecular weight excluding hydrogens is 310 g/mol. The molecule has 10 heteroatoms. The molecule has 20 heavy (non-hydrogen) atoms. The van der Waals surface area contributed by atoms with E-state index in [9.17, 15) is 26.9 Å². The molecule has 1 aliphatic rings. The average molecular weight is 321 g/mol. The molecule has 0 aliphatic carbocycles. The van der Waals surface area contributed by atoms with Crippen LogP contribution in [0.2, 0.25) is 0 Å². The van der Waals surface area contributed by atoms with Gasteiger partial charge in [-0.2, -0.15) is 8.42 Å². The minimum Gasteiger partial charge on any atom is -0.262 e. The van der Waals surface area contributed by atoms with Gasteiger partial charge in [0.2, 0.25) is 0 Å². The lowest BCUT2D eigenvalue weighted by atomic mass is 10.3. The zero-order valence-corrected chi connectivity index (χ0v) is 11.8. The van der Waals surface area contributed by atoms with Gasteiger partial charge in [0, 0.05) is 12.1 Å². The minimum atomic E-state index is -4.12. The maximum Gasteiger partial charge on any atom is 0.297 e. The zero-order chi connectivity index (χ0) is 15.0. The van der Waals surface area contributed by atoms with Crippen molar-refractivity contribution in [1.82, 2.24) is 0 Å². The summed E-state index contributed by atoms with van der Waals surface area (Å²) in [7, 11) is -7.37. The Morgan fingerprint density at radius 3 is 2.30 bits per heavy atom. The maximum atomic E-state index is 11.9. The summed E-state index contributed by atoms with van der Waals surface area (Å²) in [6, 6.07) is 4.19. The predicted octanol–water partition coefficient (Wildman–Crippen LogP) is 0.487. The molecule has 0 aromatic heterocycles. The van der Waals surface area contributed by atoms with Crippen LogP contribution in [0.25, 0.3) is 0 Å². The van der Waals surface area contributed by atoms with Crippen LogP contribution in [0.4, 0.5) is 5.69 Å². The number of sulfone groups is 1. The molecular formula is C10H11NO7S2. The highest BCUT2D eigenvalue weighted by atomic mass is 32.2. The molecule has 0 unspecified atom stereocenters. The first-order valence-electron chi connectivity index (χ1n) is 5.58. The summed E-state index contributed by atoms with van der Waals surface area (Å²) < 4.78 is 51.1. The van der Waals surface area contributed by atoms with E-state index < -0.39 is 31.0 Å². The summed E-state index contributed by atoms with van der Waals surface area (Å²) in [5.41, 5.74) is -0.243. The van der Waals surface area contributed by atoms with Gasteiger partial charge in [-0.15, -0.1) is 0 Å². The van der Waals surface area contributed by atoms with Crippen LogP contribution in [-0.2, 0) is 24.1 Å². The van der Waals surface area contributed by atoms with E-state index in [1.54, 1.807) is 0 Å². The van der Waals surface area contributed by atoms with E-state index in [2.05, 4.69) is 0 Å². The van der Waals surface area contributed by atoms with E-state index in [1.807, 2.05) is 0 Å².